The van der Waals surface area contributed by atoms with Crippen molar-refractivity contribution in [3.8, 4) is 11.5 Å². The third kappa shape index (κ3) is 3.03. The van der Waals surface area contributed by atoms with Crippen molar-refractivity contribution in [3.63, 3.8) is 0 Å². The van der Waals surface area contributed by atoms with Gasteiger partial charge in [-0.05, 0) is 63.7 Å². The molecule has 3 heterocycles. The molecule has 0 saturated carbocycles. The average molecular weight is 581 g/mol. The van der Waals surface area contributed by atoms with Gasteiger partial charge in [-0.25, -0.2) is 0 Å². The second-order valence-electron chi connectivity index (χ2n) is 6.45. The summed E-state index contributed by atoms with van der Waals surface area (Å²) in [5.74, 6) is 0.718. The molecule has 2 bridgehead atoms. The van der Waals surface area contributed by atoms with E-state index in [0.29, 0.717) is 19.6 Å². The fraction of sp³-hybridized carbons (Fsp3) is 0.444. The van der Waals surface area contributed by atoms with Crippen molar-refractivity contribution < 1.29 is 23.8 Å². The molecule has 1 aromatic carbocycles. The second-order valence-corrected chi connectivity index (χ2v) is 8.77. The summed E-state index contributed by atoms with van der Waals surface area (Å²) in [6, 6.07) is 3.85. The lowest BCUT2D eigenvalue weighted by Gasteiger charge is -2.18. The maximum atomic E-state index is 12.6. The van der Waals surface area contributed by atoms with E-state index in [4.69, 9.17) is 14.2 Å². The van der Waals surface area contributed by atoms with Gasteiger partial charge >= 0.3 is 0 Å². The van der Waals surface area contributed by atoms with E-state index in [-0.39, 0.29) is 35.9 Å². The first-order chi connectivity index (χ1) is 12.5. The molecule has 0 N–H and O–H groups in total. The van der Waals surface area contributed by atoms with Gasteiger partial charge in [-0.15, -0.1) is 0 Å². The third-order valence-corrected chi connectivity index (χ3v) is 6.68. The number of methoxy groups -OCH3 is 1. The molecule has 6 nitrogen and oxygen atoms in total. The highest BCUT2D eigenvalue weighted by Crippen LogP contribution is 2.45. The maximum Gasteiger partial charge on any atom is 0.236 e. The standard InChI is InChI=1S/C18H17I2NO5/c1-24-13-7-10(20)14(8-9(13)19)25-6-2-5-21-17(22)15-11-3-4-12(26-11)16(15)18(21)23/h3-4,7-8,11-12,15-16H,2,5-6H2,1H3. The molecule has 3 aliphatic heterocycles. The highest BCUT2D eigenvalue weighted by atomic mass is 127. The van der Waals surface area contributed by atoms with Crippen LogP contribution < -0.4 is 9.47 Å². The Kier molecular flexibility index (Phi) is 5.17. The number of carbonyl (C=O) groups excluding carboxylic acids is 2. The number of hydrogen-bond acceptors (Lipinski definition) is 5. The summed E-state index contributed by atoms with van der Waals surface area (Å²) in [7, 11) is 1.64. The Bertz CT molecular complexity index is 766. The molecule has 26 heavy (non-hydrogen) atoms. The van der Waals surface area contributed by atoms with Gasteiger partial charge in [0.25, 0.3) is 0 Å². The molecule has 4 unspecified atom stereocenters. The first-order valence-corrected chi connectivity index (χ1v) is 10.5. The van der Waals surface area contributed by atoms with E-state index in [9.17, 15) is 9.59 Å². The zero-order chi connectivity index (χ0) is 18.4. The zero-order valence-electron chi connectivity index (χ0n) is 14.0. The van der Waals surface area contributed by atoms with E-state index in [1.54, 1.807) is 7.11 Å². The van der Waals surface area contributed by atoms with Crippen LogP contribution in [0.15, 0.2) is 24.3 Å². The zero-order valence-corrected chi connectivity index (χ0v) is 18.3. The minimum absolute atomic E-state index is 0.106. The van der Waals surface area contributed by atoms with Gasteiger partial charge in [-0.3, -0.25) is 14.5 Å². The molecule has 3 aliphatic rings. The SMILES string of the molecule is COc1cc(I)c(OCCCN2C(=O)C3C4C=CC(O4)C3C2=O)cc1I. The van der Waals surface area contributed by atoms with Crippen LogP contribution in [0.4, 0.5) is 0 Å². The Hall–Kier alpha value is -0.880. The number of imide groups is 1. The van der Waals surface area contributed by atoms with Gasteiger partial charge in [0.15, 0.2) is 0 Å². The van der Waals surface area contributed by atoms with Crippen molar-refractivity contribution in [2.24, 2.45) is 11.8 Å². The number of hydrogen-bond donors (Lipinski definition) is 0. The van der Waals surface area contributed by atoms with Crippen LogP contribution in [0.3, 0.4) is 0 Å². The first-order valence-electron chi connectivity index (χ1n) is 8.36. The van der Waals surface area contributed by atoms with Gasteiger partial charge in [-0.2, -0.15) is 0 Å². The van der Waals surface area contributed by atoms with Crippen molar-refractivity contribution in [2.75, 3.05) is 20.3 Å². The Morgan fingerprint density at radius 2 is 1.62 bits per heavy atom. The predicted molar refractivity (Wildman–Crippen MR) is 110 cm³/mol. The quantitative estimate of drug-likeness (QED) is 0.224. The number of likely N-dealkylation sites (tertiary alicyclic amines) is 1. The van der Waals surface area contributed by atoms with Crippen molar-refractivity contribution in [1.29, 1.82) is 0 Å². The smallest absolute Gasteiger partial charge is 0.236 e. The Balaban J connectivity index is 1.33. The molecule has 0 aliphatic carbocycles. The highest BCUT2D eigenvalue weighted by Gasteiger charge is 2.60. The number of amides is 2. The van der Waals surface area contributed by atoms with Crippen molar-refractivity contribution in [2.45, 2.75) is 18.6 Å². The topological polar surface area (TPSA) is 65.1 Å². The summed E-state index contributed by atoms with van der Waals surface area (Å²) in [5.41, 5.74) is 0. The minimum atomic E-state index is -0.331. The molecule has 4 atom stereocenters. The maximum absolute atomic E-state index is 12.6. The number of ether oxygens (including phenoxy) is 3. The fourth-order valence-corrected chi connectivity index (χ4v) is 5.02. The molecule has 4 rings (SSSR count). The molecule has 8 heteroatoms. The van der Waals surface area contributed by atoms with Crippen LogP contribution >= 0.6 is 45.2 Å². The Morgan fingerprint density at radius 3 is 2.23 bits per heavy atom. The van der Waals surface area contributed by atoms with E-state index < -0.39 is 0 Å². The number of nitrogens with zero attached hydrogens (tertiary/aromatic N) is 1. The number of rotatable bonds is 6. The van der Waals surface area contributed by atoms with Gasteiger partial charge in [0, 0.05) is 6.54 Å². The van der Waals surface area contributed by atoms with E-state index in [0.717, 1.165) is 18.6 Å². The van der Waals surface area contributed by atoms with Crippen LogP contribution in [0.1, 0.15) is 6.42 Å². The molecule has 2 fully saturated rings. The van der Waals surface area contributed by atoms with Crippen LogP contribution in [-0.4, -0.2) is 49.2 Å². The van der Waals surface area contributed by atoms with Crippen molar-refractivity contribution in [3.05, 3.63) is 31.4 Å². The Labute approximate surface area is 178 Å². The molecule has 0 spiro atoms. The van der Waals surface area contributed by atoms with E-state index in [1.807, 2.05) is 24.3 Å². The second kappa shape index (κ2) is 7.27. The molecule has 1 aromatic rings. The lowest BCUT2D eigenvalue weighted by Crippen LogP contribution is -2.35. The summed E-state index contributed by atoms with van der Waals surface area (Å²) in [6.07, 6.45) is 3.93. The van der Waals surface area contributed by atoms with Crippen LogP contribution in [0.2, 0.25) is 0 Å². The monoisotopic (exact) mass is 581 g/mol. The number of benzene rings is 1. The average Bonchev–Trinajstić information content (AvgIpc) is 3.30. The van der Waals surface area contributed by atoms with Crippen LogP contribution in [-0.2, 0) is 14.3 Å². The van der Waals surface area contributed by atoms with Gasteiger partial charge in [0.1, 0.15) is 11.5 Å². The lowest BCUT2D eigenvalue weighted by atomic mass is 9.85. The third-order valence-electron chi connectivity index (χ3n) is 4.99. The largest absolute Gasteiger partial charge is 0.496 e. The first kappa shape index (κ1) is 18.5. The van der Waals surface area contributed by atoms with Crippen molar-refractivity contribution >= 4 is 57.0 Å². The van der Waals surface area contributed by atoms with E-state index in [2.05, 4.69) is 45.2 Å². The summed E-state index contributed by atoms with van der Waals surface area (Å²) in [5, 5.41) is 0. The fourth-order valence-electron chi connectivity index (χ4n) is 3.77. The molecule has 138 valence electrons. The lowest BCUT2D eigenvalue weighted by molar-refractivity contribution is -0.142. The van der Waals surface area contributed by atoms with Gasteiger partial charge in [-0.1, -0.05) is 12.2 Å². The van der Waals surface area contributed by atoms with Gasteiger partial charge < -0.3 is 14.2 Å². The minimum Gasteiger partial charge on any atom is -0.496 e. The predicted octanol–water partition coefficient (Wildman–Crippen LogP) is 2.61. The molecule has 2 saturated heterocycles. The van der Waals surface area contributed by atoms with E-state index >= 15 is 0 Å². The molecule has 0 aromatic heterocycles. The van der Waals surface area contributed by atoms with Crippen LogP contribution in [0.25, 0.3) is 0 Å². The normalized spacial score (nSPS) is 28.8. The number of carbonyl (C=O) groups is 2. The van der Waals surface area contributed by atoms with Crippen LogP contribution in [0.5, 0.6) is 11.5 Å². The number of halogens is 2. The molecule has 2 amide bonds. The highest BCUT2D eigenvalue weighted by molar-refractivity contribution is 14.1. The number of fused-ring (bicyclic) bond motifs is 5. The molecular weight excluding hydrogens is 564 g/mol. The van der Waals surface area contributed by atoms with Crippen LogP contribution in [0, 0.1) is 19.0 Å². The Morgan fingerprint density at radius 1 is 1.04 bits per heavy atom. The summed E-state index contributed by atoms with van der Waals surface area (Å²) < 4.78 is 18.7. The van der Waals surface area contributed by atoms with Gasteiger partial charge in [0.05, 0.1) is 44.9 Å². The summed E-state index contributed by atoms with van der Waals surface area (Å²) in [6.45, 7) is 0.820. The molecular formula is C18H17I2NO5. The van der Waals surface area contributed by atoms with Gasteiger partial charge in [0.2, 0.25) is 11.8 Å². The summed E-state index contributed by atoms with van der Waals surface area (Å²) in [4.78, 5) is 26.5. The summed E-state index contributed by atoms with van der Waals surface area (Å²) >= 11 is 4.40. The van der Waals surface area contributed by atoms with Crippen molar-refractivity contribution in [1.82, 2.24) is 4.90 Å². The van der Waals surface area contributed by atoms with E-state index in [1.165, 1.54) is 4.90 Å². The molecule has 0 radical (unpaired) electrons.